The first kappa shape index (κ1) is 23.2. The van der Waals surface area contributed by atoms with E-state index in [0.717, 1.165) is 42.5 Å². The lowest BCUT2D eigenvalue weighted by Crippen LogP contribution is -2.42. The first-order valence-electron chi connectivity index (χ1n) is 11.5. The minimum absolute atomic E-state index is 0.112. The van der Waals surface area contributed by atoms with Crippen LogP contribution in [0.2, 0.25) is 0 Å². The van der Waals surface area contributed by atoms with Crippen molar-refractivity contribution < 1.29 is 14.2 Å². The van der Waals surface area contributed by atoms with Crippen LogP contribution in [0.3, 0.4) is 0 Å². The molecular weight excluding hydrogens is 417 g/mol. The summed E-state index contributed by atoms with van der Waals surface area (Å²) in [6.45, 7) is 2.45. The molecule has 3 aromatic rings. The van der Waals surface area contributed by atoms with Crippen LogP contribution in [0, 0.1) is 23.7 Å². The van der Waals surface area contributed by atoms with Crippen molar-refractivity contribution in [1.82, 2.24) is 14.9 Å². The molecule has 6 heteroatoms. The van der Waals surface area contributed by atoms with Gasteiger partial charge in [0, 0.05) is 30.9 Å². The van der Waals surface area contributed by atoms with E-state index >= 15 is 4.39 Å². The number of aromatic nitrogens is 2. The van der Waals surface area contributed by atoms with Gasteiger partial charge in [0.2, 0.25) is 0 Å². The van der Waals surface area contributed by atoms with Gasteiger partial charge < -0.3 is 9.84 Å². The van der Waals surface area contributed by atoms with Crippen molar-refractivity contribution in [3.8, 4) is 17.6 Å². The number of methoxy groups -OCH3 is 1. The largest absolute Gasteiger partial charge is 0.497 e. The van der Waals surface area contributed by atoms with E-state index in [1.54, 1.807) is 25.6 Å². The van der Waals surface area contributed by atoms with Crippen molar-refractivity contribution in [2.24, 2.45) is 11.8 Å². The van der Waals surface area contributed by atoms with E-state index in [1.807, 2.05) is 36.4 Å². The van der Waals surface area contributed by atoms with Crippen molar-refractivity contribution in [3.63, 3.8) is 0 Å². The maximum Gasteiger partial charge on any atom is 0.126 e. The number of alkyl halides is 1. The molecule has 0 unspecified atom stereocenters. The lowest BCUT2D eigenvalue weighted by molar-refractivity contribution is 0.0708. The molecule has 1 saturated heterocycles. The van der Waals surface area contributed by atoms with Crippen molar-refractivity contribution >= 4 is 10.9 Å². The van der Waals surface area contributed by atoms with Gasteiger partial charge in [-0.3, -0.25) is 9.88 Å². The zero-order valence-electron chi connectivity index (χ0n) is 19.0. The lowest BCUT2D eigenvalue weighted by Gasteiger charge is -2.37. The fraction of sp³-hybridized carbons (Fsp3) is 0.407. The molecule has 2 aromatic heterocycles. The summed E-state index contributed by atoms with van der Waals surface area (Å²) in [4.78, 5) is 10.8. The van der Waals surface area contributed by atoms with Crippen LogP contribution >= 0.6 is 0 Å². The minimum Gasteiger partial charge on any atom is -0.497 e. The Balaban J connectivity index is 1.34. The van der Waals surface area contributed by atoms with Crippen molar-refractivity contribution in [2.75, 3.05) is 33.4 Å². The van der Waals surface area contributed by atoms with Crippen molar-refractivity contribution in [2.45, 2.75) is 25.4 Å². The van der Waals surface area contributed by atoms with Gasteiger partial charge in [0.05, 0.1) is 19.2 Å². The molecule has 1 aromatic carbocycles. The van der Waals surface area contributed by atoms with E-state index in [0.29, 0.717) is 30.2 Å². The number of halogens is 1. The number of hydrogen-bond acceptors (Lipinski definition) is 5. The molecule has 0 aliphatic carbocycles. The molecule has 0 spiro atoms. The fourth-order valence-electron chi connectivity index (χ4n) is 4.63. The highest BCUT2D eigenvalue weighted by molar-refractivity contribution is 5.83. The summed E-state index contributed by atoms with van der Waals surface area (Å²) in [6, 6.07) is 13.0. The average molecular weight is 448 g/mol. The number of pyridine rings is 2. The molecule has 3 atom stereocenters. The van der Waals surface area contributed by atoms with Gasteiger partial charge in [-0.2, -0.15) is 0 Å². The quantitative estimate of drug-likeness (QED) is 0.544. The molecule has 0 bridgehead atoms. The van der Waals surface area contributed by atoms with Gasteiger partial charge >= 0.3 is 0 Å². The third kappa shape index (κ3) is 5.87. The van der Waals surface area contributed by atoms with E-state index in [1.165, 1.54) is 0 Å². The Hall–Kier alpha value is -3.01. The second-order valence-electron chi connectivity index (χ2n) is 8.57. The smallest absolute Gasteiger partial charge is 0.126 e. The zero-order valence-corrected chi connectivity index (χ0v) is 19.0. The monoisotopic (exact) mass is 447 g/mol. The van der Waals surface area contributed by atoms with Crippen molar-refractivity contribution in [3.05, 3.63) is 66.1 Å². The molecule has 0 amide bonds. The molecule has 1 N–H and O–H groups in total. The van der Waals surface area contributed by atoms with Crippen LogP contribution in [0.25, 0.3) is 10.9 Å². The summed E-state index contributed by atoms with van der Waals surface area (Å²) in [6.07, 6.45) is 4.43. The second-order valence-corrected chi connectivity index (χ2v) is 8.57. The highest BCUT2D eigenvalue weighted by Gasteiger charge is 2.29. The number of nitrogens with zero attached hydrogens (tertiary/aromatic N) is 3. The molecule has 172 valence electrons. The normalized spacial score (nSPS) is 19.6. The summed E-state index contributed by atoms with van der Waals surface area (Å²) in [7, 11) is 1.61. The number of likely N-dealkylation sites (tertiary alicyclic amines) is 1. The van der Waals surface area contributed by atoms with Gasteiger partial charge in [-0.1, -0.05) is 12.0 Å². The van der Waals surface area contributed by atoms with E-state index in [-0.39, 0.29) is 12.5 Å². The lowest BCUT2D eigenvalue weighted by atomic mass is 9.81. The summed E-state index contributed by atoms with van der Waals surface area (Å²) < 4.78 is 20.6. The zero-order chi connectivity index (χ0) is 23.0. The Morgan fingerprint density at radius 3 is 2.88 bits per heavy atom. The first-order chi connectivity index (χ1) is 16.2. The number of aliphatic hydroxyl groups is 1. The molecule has 1 aliphatic heterocycles. The van der Waals surface area contributed by atoms with Gasteiger partial charge in [-0.05, 0) is 85.5 Å². The van der Waals surface area contributed by atoms with Crippen LogP contribution in [-0.2, 0) is 0 Å². The molecular formula is C27H30FN3O2. The van der Waals surface area contributed by atoms with Crippen LogP contribution in [0.1, 0.15) is 36.7 Å². The summed E-state index contributed by atoms with van der Waals surface area (Å²) in [5, 5.41) is 10.8. The summed E-state index contributed by atoms with van der Waals surface area (Å²) >= 11 is 0. The Bertz CT molecular complexity index is 1110. The molecule has 4 rings (SSSR count). The number of fused-ring (bicyclic) bond motifs is 1. The highest BCUT2D eigenvalue weighted by Crippen LogP contribution is 2.35. The van der Waals surface area contributed by atoms with Crippen LogP contribution in [-0.4, -0.2) is 53.3 Å². The van der Waals surface area contributed by atoms with E-state index in [4.69, 9.17) is 4.74 Å². The Morgan fingerprint density at radius 1 is 1.18 bits per heavy atom. The Kier molecular flexibility index (Phi) is 7.87. The maximum atomic E-state index is 15.3. The van der Waals surface area contributed by atoms with Gasteiger partial charge in [0.25, 0.3) is 0 Å². The topological polar surface area (TPSA) is 58.5 Å². The number of rotatable bonds is 7. The molecule has 3 heterocycles. The number of ether oxygens (including phenoxy) is 1. The minimum atomic E-state index is -1.08. The second kappa shape index (κ2) is 11.2. The van der Waals surface area contributed by atoms with Gasteiger partial charge in [0.15, 0.2) is 0 Å². The third-order valence-electron chi connectivity index (χ3n) is 6.50. The molecule has 0 radical (unpaired) electrons. The predicted octanol–water partition coefficient (Wildman–Crippen LogP) is 4.41. The molecule has 1 aliphatic rings. The number of benzene rings is 1. The van der Waals surface area contributed by atoms with Gasteiger partial charge in [-0.25, -0.2) is 9.37 Å². The summed E-state index contributed by atoms with van der Waals surface area (Å²) in [5.74, 6) is 7.41. The van der Waals surface area contributed by atoms with Gasteiger partial charge in [-0.15, -0.1) is 0 Å². The fourth-order valence-corrected chi connectivity index (χ4v) is 4.63. The molecule has 0 saturated carbocycles. The third-order valence-corrected chi connectivity index (χ3v) is 6.50. The maximum absolute atomic E-state index is 15.3. The highest BCUT2D eigenvalue weighted by atomic mass is 19.1. The Labute approximate surface area is 194 Å². The van der Waals surface area contributed by atoms with Crippen molar-refractivity contribution in [1.29, 1.82) is 0 Å². The number of hydrogen-bond donors (Lipinski definition) is 1. The van der Waals surface area contributed by atoms with E-state index in [2.05, 4.69) is 26.7 Å². The molecule has 5 nitrogen and oxygen atoms in total. The van der Waals surface area contributed by atoms with E-state index in [9.17, 15) is 5.11 Å². The van der Waals surface area contributed by atoms with Gasteiger partial charge in [0.1, 0.15) is 17.6 Å². The number of piperidine rings is 1. The van der Waals surface area contributed by atoms with Crippen LogP contribution in [0.15, 0.2) is 54.9 Å². The standard InChI is InChI=1S/C27H30FN3O2/c1-33-23-8-10-27-25(17-23)24(11-14-30-27)26(28)9-7-20-12-16-31(18-21(20)19-32)15-4-6-22-5-2-3-13-29-22/h2-3,5,8,10-11,13-14,17,20-21,26,32H,7,9,12,15-16,18-19H2,1H3/t20-,21-,26+/m1/s1. The first-order valence-corrected chi connectivity index (χ1v) is 11.5. The SMILES string of the molecule is COc1ccc2nccc([C@@H](F)CC[C@@H]3CCN(CC#Cc4ccccn4)C[C@@H]3CO)c2c1. The predicted molar refractivity (Wildman–Crippen MR) is 128 cm³/mol. The van der Waals surface area contributed by atoms with Crippen LogP contribution in [0.4, 0.5) is 4.39 Å². The molecule has 1 fully saturated rings. The van der Waals surface area contributed by atoms with Crippen LogP contribution < -0.4 is 4.74 Å². The van der Waals surface area contributed by atoms with E-state index < -0.39 is 6.17 Å². The average Bonchev–Trinajstić information content (AvgIpc) is 2.87. The molecule has 33 heavy (non-hydrogen) atoms. The number of aliphatic hydroxyl groups excluding tert-OH is 1. The Morgan fingerprint density at radius 2 is 2.09 bits per heavy atom. The van der Waals surface area contributed by atoms with Crippen LogP contribution in [0.5, 0.6) is 5.75 Å². The summed E-state index contributed by atoms with van der Waals surface area (Å²) in [5.41, 5.74) is 2.19.